The predicted molar refractivity (Wildman–Crippen MR) is 65.3 cm³/mol. The van der Waals surface area contributed by atoms with Crippen molar-refractivity contribution < 1.29 is 4.74 Å². The summed E-state index contributed by atoms with van der Waals surface area (Å²) in [5.74, 6) is 0. The predicted octanol–water partition coefficient (Wildman–Crippen LogP) is 2.59. The molecule has 1 unspecified atom stereocenters. The van der Waals surface area contributed by atoms with Crippen molar-refractivity contribution in [3.63, 3.8) is 0 Å². The van der Waals surface area contributed by atoms with E-state index in [2.05, 4.69) is 18.3 Å². The standard InChI is InChI=1S/C13H18N2O/c1-3-12(10-16-2)15-13-6-4-11(5-7-13)8-9-14/h4-7,12,15H,3,8,10H2,1-2H3. The van der Waals surface area contributed by atoms with Gasteiger partial charge in [-0.1, -0.05) is 19.1 Å². The Kier molecular flexibility index (Phi) is 5.38. The molecule has 3 nitrogen and oxygen atoms in total. The molecule has 0 aliphatic carbocycles. The Morgan fingerprint density at radius 1 is 1.38 bits per heavy atom. The average Bonchev–Trinajstić information content (AvgIpc) is 2.31. The van der Waals surface area contributed by atoms with Crippen molar-refractivity contribution in [1.29, 1.82) is 5.26 Å². The van der Waals surface area contributed by atoms with Crippen molar-refractivity contribution in [3.8, 4) is 6.07 Å². The first-order chi connectivity index (χ1) is 7.80. The summed E-state index contributed by atoms with van der Waals surface area (Å²) < 4.78 is 5.12. The molecule has 1 atom stereocenters. The Morgan fingerprint density at radius 2 is 2.06 bits per heavy atom. The molecule has 0 saturated heterocycles. The number of nitriles is 1. The van der Waals surface area contributed by atoms with Crippen LogP contribution in [0.15, 0.2) is 24.3 Å². The lowest BCUT2D eigenvalue weighted by molar-refractivity contribution is 0.184. The van der Waals surface area contributed by atoms with Crippen LogP contribution in [0, 0.1) is 11.3 Å². The zero-order valence-electron chi connectivity index (χ0n) is 9.86. The van der Waals surface area contributed by atoms with Gasteiger partial charge in [-0.2, -0.15) is 5.26 Å². The van der Waals surface area contributed by atoms with Crippen LogP contribution in [0.1, 0.15) is 18.9 Å². The van der Waals surface area contributed by atoms with Gasteiger partial charge in [0.05, 0.1) is 19.1 Å². The molecule has 0 aliphatic heterocycles. The summed E-state index contributed by atoms with van der Waals surface area (Å²) in [4.78, 5) is 0. The fourth-order valence-electron chi connectivity index (χ4n) is 1.51. The van der Waals surface area contributed by atoms with E-state index in [9.17, 15) is 0 Å². The molecule has 0 radical (unpaired) electrons. The molecule has 0 amide bonds. The lowest BCUT2D eigenvalue weighted by Crippen LogP contribution is -2.23. The van der Waals surface area contributed by atoms with E-state index in [0.29, 0.717) is 19.1 Å². The topological polar surface area (TPSA) is 45.0 Å². The van der Waals surface area contributed by atoms with Crippen LogP contribution in [0.4, 0.5) is 5.69 Å². The first kappa shape index (κ1) is 12.5. The van der Waals surface area contributed by atoms with Crippen LogP contribution in [-0.4, -0.2) is 19.8 Å². The monoisotopic (exact) mass is 218 g/mol. The highest BCUT2D eigenvalue weighted by atomic mass is 16.5. The third-order valence-electron chi connectivity index (χ3n) is 2.47. The molecule has 0 spiro atoms. The molecule has 0 heterocycles. The van der Waals surface area contributed by atoms with Gasteiger partial charge in [-0.25, -0.2) is 0 Å². The second-order valence-electron chi connectivity index (χ2n) is 3.74. The fraction of sp³-hybridized carbons (Fsp3) is 0.462. The van der Waals surface area contributed by atoms with Gasteiger partial charge >= 0.3 is 0 Å². The van der Waals surface area contributed by atoms with Crippen molar-refractivity contribution >= 4 is 5.69 Å². The number of nitrogens with zero attached hydrogens (tertiary/aromatic N) is 1. The Morgan fingerprint density at radius 3 is 2.56 bits per heavy atom. The van der Waals surface area contributed by atoms with E-state index >= 15 is 0 Å². The zero-order valence-corrected chi connectivity index (χ0v) is 9.86. The molecule has 86 valence electrons. The minimum absolute atomic E-state index is 0.340. The number of ether oxygens (including phenoxy) is 1. The van der Waals surface area contributed by atoms with Crippen molar-refractivity contribution in [2.75, 3.05) is 19.0 Å². The molecule has 0 fully saturated rings. The van der Waals surface area contributed by atoms with E-state index in [1.807, 2.05) is 24.3 Å². The van der Waals surface area contributed by atoms with Crippen molar-refractivity contribution in [1.82, 2.24) is 0 Å². The first-order valence-electron chi connectivity index (χ1n) is 5.51. The maximum absolute atomic E-state index is 8.56. The maximum atomic E-state index is 8.56. The second kappa shape index (κ2) is 6.86. The Bertz CT molecular complexity index is 340. The number of hydrogen-bond acceptors (Lipinski definition) is 3. The summed E-state index contributed by atoms with van der Waals surface area (Å²) in [5.41, 5.74) is 2.12. The first-order valence-corrected chi connectivity index (χ1v) is 5.51. The highest BCUT2D eigenvalue weighted by Crippen LogP contribution is 2.12. The highest BCUT2D eigenvalue weighted by Gasteiger charge is 2.04. The molecule has 1 aromatic carbocycles. The summed E-state index contributed by atoms with van der Waals surface area (Å²) in [6.45, 7) is 2.83. The van der Waals surface area contributed by atoms with Gasteiger partial charge in [0.1, 0.15) is 0 Å². The van der Waals surface area contributed by atoms with Crippen molar-refractivity contribution in [3.05, 3.63) is 29.8 Å². The maximum Gasteiger partial charge on any atom is 0.0669 e. The second-order valence-corrected chi connectivity index (χ2v) is 3.74. The molecular weight excluding hydrogens is 200 g/mol. The molecule has 1 aromatic rings. The number of anilines is 1. The Labute approximate surface area is 97.0 Å². The third kappa shape index (κ3) is 3.92. The molecule has 0 saturated carbocycles. The van der Waals surface area contributed by atoms with Gasteiger partial charge in [0.2, 0.25) is 0 Å². The van der Waals surface area contributed by atoms with E-state index in [1.54, 1.807) is 7.11 Å². The van der Waals surface area contributed by atoms with Gasteiger partial charge in [-0.15, -0.1) is 0 Å². The number of nitrogens with one attached hydrogen (secondary N) is 1. The Hall–Kier alpha value is -1.53. The summed E-state index contributed by atoms with van der Waals surface area (Å²) >= 11 is 0. The third-order valence-corrected chi connectivity index (χ3v) is 2.47. The van der Waals surface area contributed by atoms with Gasteiger partial charge in [-0.3, -0.25) is 0 Å². The van der Waals surface area contributed by atoms with Crippen LogP contribution < -0.4 is 5.32 Å². The van der Waals surface area contributed by atoms with E-state index in [4.69, 9.17) is 10.00 Å². The molecule has 0 bridgehead atoms. The van der Waals surface area contributed by atoms with Crippen molar-refractivity contribution in [2.24, 2.45) is 0 Å². The number of hydrogen-bond donors (Lipinski definition) is 1. The largest absolute Gasteiger partial charge is 0.383 e. The van der Waals surface area contributed by atoms with Crippen LogP contribution in [0.2, 0.25) is 0 Å². The van der Waals surface area contributed by atoms with Crippen LogP contribution in [-0.2, 0) is 11.2 Å². The molecule has 3 heteroatoms. The lowest BCUT2D eigenvalue weighted by atomic mass is 10.1. The summed E-state index contributed by atoms with van der Waals surface area (Å²) in [6.07, 6.45) is 1.49. The van der Waals surface area contributed by atoms with Gasteiger partial charge < -0.3 is 10.1 Å². The molecule has 0 aliphatic rings. The van der Waals surface area contributed by atoms with Gasteiger partial charge in [-0.05, 0) is 24.1 Å². The highest BCUT2D eigenvalue weighted by molar-refractivity contribution is 5.45. The van der Waals surface area contributed by atoms with Gasteiger partial charge in [0, 0.05) is 18.8 Å². The molecular formula is C13H18N2O. The minimum atomic E-state index is 0.340. The van der Waals surface area contributed by atoms with Crippen LogP contribution in [0.5, 0.6) is 0 Å². The Balaban J connectivity index is 2.57. The summed E-state index contributed by atoms with van der Waals surface area (Å²) in [6, 6.07) is 10.4. The normalized spacial score (nSPS) is 11.8. The van der Waals surface area contributed by atoms with Crippen molar-refractivity contribution in [2.45, 2.75) is 25.8 Å². The van der Waals surface area contributed by atoms with Crippen LogP contribution in [0.25, 0.3) is 0 Å². The van der Waals surface area contributed by atoms with Crippen LogP contribution in [0.3, 0.4) is 0 Å². The zero-order chi connectivity index (χ0) is 11.8. The number of benzene rings is 1. The van der Waals surface area contributed by atoms with E-state index in [-0.39, 0.29) is 0 Å². The van der Waals surface area contributed by atoms with Gasteiger partial charge in [0.25, 0.3) is 0 Å². The van der Waals surface area contributed by atoms with Gasteiger partial charge in [0.15, 0.2) is 0 Å². The fourth-order valence-corrected chi connectivity index (χ4v) is 1.51. The quantitative estimate of drug-likeness (QED) is 0.798. The van der Waals surface area contributed by atoms with E-state index in [0.717, 1.165) is 17.7 Å². The molecule has 0 aromatic heterocycles. The SMILES string of the molecule is CCC(COC)Nc1ccc(CC#N)cc1. The summed E-state index contributed by atoms with van der Waals surface area (Å²) in [5, 5.41) is 12.0. The van der Waals surface area contributed by atoms with E-state index < -0.39 is 0 Å². The summed E-state index contributed by atoms with van der Waals surface area (Å²) in [7, 11) is 1.71. The minimum Gasteiger partial charge on any atom is -0.383 e. The average molecular weight is 218 g/mol. The molecule has 1 rings (SSSR count). The number of methoxy groups -OCH3 is 1. The number of rotatable bonds is 6. The lowest BCUT2D eigenvalue weighted by Gasteiger charge is -2.17. The molecule has 1 N–H and O–H groups in total. The molecule has 16 heavy (non-hydrogen) atoms. The smallest absolute Gasteiger partial charge is 0.0669 e. The van der Waals surface area contributed by atoms with Crippen LogP contribution >= 0.6 is 0 Å². The van der Waals surface area contributed by atoms with E-state index in [1.165, 1.54) is 0 Å².